The summed E-state index contributed by atoms with van der Waals surface area (Å²) < 4.78 is 0.830. The van der Waals surface area contributed by atoms with Crippen LogP contribution in [-0.2, 0) is 0 Å². The average molecular weight is 277 g/mol. The topological polar surface area (TPSA) is 12.9 Å². The molecular weight excluding hydrogens is 273 g/mol. The smallest absolute Gasteiger partial charge is 0.0729 e. The molecule has 0 aliphatic carbocycles. The van der Waals surface area contributed by atoms with Gasteiger partial charge < -0.3 is 0 Å². The Balaban J connectivity index is 2.89. The van der Waals surface area contributed by atoms with Crippen molar-refractivity contribution in [3.05, 3.63) is 38.9 Å². The zero-order chi connectivity index (χ0) is 9.42. The molecule has 13 heavy (non-hydrogen) atoms. The van der Waals surface area contributed by atoms with Crippen LogP contribution in [0.25, 0.3) is 10.9 Å². The summed E-state index contributed by atoms with van der Waals surface area (Å²) in [5, 5.41) is 2.18. The molecule has 0 bridgehead atoms. The fraction of sp³-hybridized carbons (Fsp3) is 0. The lowest BCUT2D eigenvalue weighted by atomic mass is 10.2. The van der Waals surface area contributed by atoms with Gasteiger partial charge in [-0.3, -0.25) is 4.98 Å². The number of rotatable bonds is 0. The van der Waals surface area contributed by atoms with Gasteiger partial charge in [-0.2, -0.15) is 0 Å². The Hall–Kier alpha value is -0.310. The van der Waals surface area contributed by atoms with E-state index in [4.69, 9.17) is 23.2 Å². The van der Waals surface area contributed by atoms with E-state index in [2.05, 4.69) is 20.9 Å². The first-order valence-corrected chi connectivity index (χ1v) is 5.12. The number of benzene rings is 1. The van der Waals surface area contributed by atoms with Crippen molar-refractivity contribution in [2.75, 3.05) is 0 Å². The number of fused-ring (bicyclic) bond motifs is 1. The number of aromatic nitrogens is 1. The second kappa shape index (κ2) is 3.45. The SMILES string of the molecule is Clc1cc2c(Cl)ccnc2cc1Br. The third kappa shape index (κ3) is 1.66. The van der Waals surface area contributed by atoms with Crippen LogP contribution < -0.4 is 0 Å². The van der Waals surface area contributed by atoms with E-state index < -0.39 is 0 Å². The molecule has 0 unspecified atom stereocenters. The van der Waals surface area contributed by atoms with Crippen LogP contribution in [0.4, 0.5) is 0 Å². The lowest BCUT2D eigenvalue weighted by molar-refractivity contribution is 1.41. The van der Waals surface area contributed by atoms with Crippen LogP contribution in [0.15, 0.2) is 28.9 Å². The van der Waals surface area contributed by atoms with Crippen molar-refractivity contribution in [2.45, 2.75) is 0 Å². The molecule has 0 aliphatic rings. The number of pyridine rings is 1. The summed E-state index contributed by atoms with van der Waals surface area (Å²) in [5.41, 5.74) is 0.837. The summed E-state index contributed by atoms with van der Waals surface area (Å²) in [5.74, 6) is 0. The third-order valence-corrected chi connectivity index (χ3v) is 3.26. The Kier molecular flexibility index (Phi) is 2.45. The Morgan fingerprint density at radius 1 is 1.15 bits per heavy atom. The zero-order valence-electron chi connectivity index (χ0n) is 6.39. The lowest BCUT2D eigenvalue weighted by Crippen LogP contribution is -1.80. The summed E-state index contributed by atoms with van der Waals surface area (Å²) in [6, 6.07) is 5.40. The van der Waals surface area contributed by atoms with Crippen LogP contribution in [0.5, 0.6) is 0 Å². The fourth-order valence-electron chi connectivity index (χ4n) is 1.11. The van der Waals surface area contributed by atoms with E-state index in [-0.39, 0.29) is 0 Å². The van der Waals surface area contributed by atoms with Gasteiger partial charge in [0.05, 0.1) is 15.6 Å². The highest BCUT2D eigenvalue weighted by molar-refractivity contribution is 9.10. The normalized spacial score (nSPS) is 10.7. The summed E-state index contributed by atoms with van der Waals surface area (Å²) in [7, 11) is 0. The first-order valence-electron chi connectivity index (χ1n) is 3.58. The van der Waals surface area contributed by atoms with Crippen molar-refractivity contribution in [1.29, 1.82) is 0 Å². The van der Waals surface area contributed by atoms with Gasteiger partial charge in [-0.15, -0.1) is 0 Å². The fourth-order valence-corrected chi connectivity index (χ4v) is 1.81. The van der Waals surface area contributed by atoms with Crippen LogP contribution in [-0.4, -0.2) is 4.98 Å². The Bertz CT molecular complexity index is 470. The molecule has 0 spiro atoms. The molecule has 0 atom stereocenters. The Labute approximate surface area is 93.8 Å². The molecule has 0 fully saturated rings. The minimum atomic E-state index is 0.641. The Morgan fingerprint density at radius 2 is 1.92 bits per heavy atom. The molecule has 0 amide bonds. The molecule has 0 N–H and O–H groups in total. The van der Waals surface area contributed by atoms with Gasteiger partial charge in [0.1, 0.15) is 0 Å². The van der Waals surface area contributed by atoms with Crippen LogP contribution in [0.1, 0.15) is 0 Å². The second-order valence-electron chi connectivity index (χ2n) is 2.58. The standard InChI is InChI=1S/C9H4BrCl2N/c10-6-4-9-5(3-8(6)12)7(11)1-2-13-9/h1-4H. The van der Waals surface area contributed by atoms with Crippen molar-refractivity contribution < 1.29 is 0 Å². The van der Waals surface area contributed by atoms with Gasteiger partial charge in [0, 0.05) is 16.1 Å². The van der Waals surface area contributed by atoms with Crippen LogP contribution in [0, 0.1) is 0 Å². The zero-order valence-corrected chi connectivity index (χ0v) is 9.49. The quantitative estimate of drug-likeness (QED) is 0.699. The molecule has 0 saturated carbocycles. The highest BCUT2D eigenvalue weighted by Crippen LogP contribution is 2.30. The summed E-state index contributed by atoms with van der Waals surface area (Å²) in [4.78, 5) is 4.17. The molecule has 0 radical (unpaired) electrons. The first-order chi connectivity index (χ1) is 6.18. The van der Waals surface area contributed by atoms with Gasteiger partial charge in [-0.1, -0.05) is 23.2 Å². The third-order valence-electron chi connectivity index (χ3n) is 1.73. The largest absolute Gasteiger partial charge is 0.256 e. The molecule has 0 aliphatic heterocycles. The Morgan fingerprint density at radius 3 is 2.69 bits per heavy atom. The van der Waals surface area contributed by atoms with Gasteiger partial charge in [-0.05, 0) is 34.1 Å². The molecule has 1 aromatic heterocycles. The van der Waals surface area contributed by atoms with Crippen LogP contribution >= 0.6 is 39.1 Å². The average Bonchev–Trinajstić information content (AvgIpc) is 2.09. The molecule has 66 valence electrons. The van der Waals surface area contributed by atoms with Gasteiger partial charge >= 0.3 is 0 Å². The van der Waals surface area contributed by atoms with E-state index in [1.807, 2.05) is 6.07 Å². The summed E-state index contributed by atoms with van der Waals surface area (Å²) >= 11 is 15.2. The van der Waals surface area contributed by atoms with Gasteiger partial charge in [0.25, 0.3) is 0 Å². The molecule has 4 heteroatoms. The van der Waals surface area contributed by atoms with Crippen LogP contribution in [0.2, 0.25) is 10.0 Å². The van der Waals surface area contributed by atoms with E-state index in [1.54, 1.807) is 18.3 Å². The molecule has 1 nitrogen and oxygen atoms in total. The first kappa shape index (κ1) is 9.25. The van der Waals surface area contributed by atoms with Gasteiger partial charge in [0.2, 0.25) is 0 Å². The lowest BCUT2D eigenvalue weighted by Gasteiger charge is -2.01. The van der Waals surface area contributed by atoms with E-state index in [9.17, 15) is 0 Å². The predicted molar refractivity (Wildman–Crippen MR) is 59.5 cm³/mol. The van der Waals surface area contributed by atoms with Gasteiger partial charge in [0.15, 0.2) is 0 Å². The maximum atomic E-state index is 5.97. The predicted octanol–water partition coefficient (Wildman–Crippen LogP) is 4.30. The number of hydrogen-bond donors (Lipinski definition) is 0. The number of hydrogen-bond acceptors (Lipinski definition) is 1. The van der Waals surface area contributed by atoms with Crippen molar-refractivity contribution in [1.82, 2.24) is 4.98 Å². The van der Waals surface area contributed by atoms with Crippen molar-refractivity contribution >= 4 is 50.0 Å². The minimum absolute atomic E-state index is 0.641. The molecule has 0 saturated heterocycles. The molecule has 1 aromatic carbocycles. The molecule has 2 aromatic rings. The molecular formula is C9H4BrCl2N. The maximum Gasteiger partial charge on any atom is 0.0729 e. The number of halogens is 3. The van der Waals surface area contributed by atoms with Crippen molar-refractivity contribution in [3.63, 3.8) is 0 Å². The number of nitrogens with zero attached hydrogens (tertiary/aromatic N) is 1. The van der Waals surface area contributed by atoms with Crippen molar-refractivity contribution in [3.8, 4) is 0 Å². The minimum Gasteiger partial charge on any atom is -0.256 e. The summed E-state index contributed by atoms with van der Waals surface area (Å²) in [6.45, 7) is 0. The van der Waals surface area contributed by atoms with E-state index in [0.717, 1.165) is 15.4 Å². The second-order valence-corrected chi connectivity index (χ2v) is 4.24. The molecule has 1 heterocycles. The highest BCUT2D eigenvalue weighted by atomic mass is 79.9. The highest BCUT2D eigenvalue weighted by Gasteiger charge is 2.03. The van der Waals surface area contributed by atoms with Gasteiger partial charge in [-0.25, -0.2) is 0 Å². The monoisotopic (exact) mass is 275 g/mol. The molecule has 2 rings (SSSR count). The van der Waals surface area contributed by atoms with Crippen LogP contribution in [0.3, 0.4) is 0 Å². The van der Waals surface area contributed by atoms with Crippen molar-refractivity contribution in [2.24, 2.45) is 0 Å². The maximum absolute atomic E-state index is 5.97. The summed E-state index contributed by atoms with van der Waals surface area (Å²) in [6.07, 6.45) is 1.67. The van der Waals surface area contributed by atoms with E-state index >= 15 is 0 Å². The van der Waals surface area contributed by atoms with E-state index in [0.29, 0.717) is 10.0 Å². The van der Waals surface area contributed by atoms with E-state index in [1.165, 1.54) is 0 Å².